The van der Waals surface area contributed by atoms with Gasteiger partial charge in [-0.05, 0) is 43.0 Å². The maximum atomic E-state index is 14.0. The van der Waals surface area contributed by atoms with Crippen LogP contribution in [0.3, 0.4) is 0 Å². The first-order valence-electron chi connectivity index (χ1n) is 8.41. The van der Waals surface area contributed by atoms with E-state index in [1.807, 2.05) is 18.2 Å². The molecule has 0 aliphatic carbocycles. The van der Waals surface area contributed by atoms with E-state index >= 15 is 0 Å². The van der Waals surface area contributed by atoms with Crippen LogP contribution < -0.4 is 0 Å². The number of piperidine rings is 1. The van der Waals surface area contributed by atoms with Crippen molar-refractivity contribution in [1.82, 2.24) is 4.90 Å². The highest BCUT2D eigenvalue weighted by Gasteiger charge is 2.35. The van der Waals surface area contributed by atoms with Crippen LogP contribution in [-0.2, 0) is 13.0 Å². The SMILES string of the molecule is OC[C@@]1(Cc2ccc(F)cc2F)CCCN(Cc2ccccc2)C1. The molecule has 0 radical (unpaired) electrons. The summed E-state index contributed by atoms with van der Waals surface area (Å²) in [4.78, 5) is 2.32. The van der Waals surface area contributed by atoms with Crippen molar-refractivity contribution >= 4 is 0 Å². The van der Waals surface area contributed by atoms with Crippen molar-refractivity contribution in [3.05, 3.63) is 71.3 Å². The number of likely N-dealkylation sites (tertiary alicyclic amines) is 1. The zero-order valence-electron chi connectivity index (χ0n) is 13.7. The standard InChI is InChI=1S/C20H23F2NO/c21-18-8-7-17(19(22)11-18)12-20(15-24)9-4-10-23(14-20)13-16-5-2-1-3-6-16/h1-3,5-8,11,24H,4,9-10,12-15H2/t20-/m1/s1. The molecule has 0 bridgehead atoms. The summed E-state index contributed by atoms with van der Waals surface area (Å²) < 4.78 is 27.1. The van der Waals surface area contributed by atoms with Gasteiger partial charge in [0, 0.05) is 24.6 Å². The molecule has 2 aromatic carbocycles. The summed E-state index contributed by atoms with van der Waals surface area (Å²) in [5.74, 6) is -1.09. The second-order valence-electron chi connectivity index (χ2n) is 6.87. The Hall–Kier alpha value is -1.78. The molecule has 1 saturated heterocycles. The Morgan fingerprint density at radius 3 is 2.58 bits per heavy atom. The van der Waals surface area contributed by atoms with E-state index in [4.69, 9.17) is 0 Å². The predicted molar refractivity (Wildman–Crippen MR) is 90.5 cm³/mol. The number of rotatable bonds is 5. The van der Waals surface area contributed by atoms with Gasteiger partial charge in [0.05, 0.1) is 6.61 Å². The molecule has 3 rings (SSSR count). The number of benzene rings is 2. The first-order valence-corrected chi connectivity index (χ1v) is 8.41. The quantitative estimate of drug-likeness (QED) is 0.901. The number of nitrogens with zero attached hydrogens (tertiary/aromatic N) is 1. The number of aliphatic hydroxyl groups excluding tert-OH is 1. The minimum Gasteiger partial charge on any atom is -0.396 e. The zero-order valence-corrected chi connectivity index (χ0v) is 13.7. The van der Waals surface area contributed by atoms with E-state index in [9.17, 15) is 13.9 Å². The Kier molecular flexibility index (Phi) is 5.27. The van der Waals surface area contributed by atoms with Gasteiger partial charge in [-0.3, -0.25) is 4.90 Å². The molecular weight excluding hydrogens is 308 g/mol. The number of halogens is 2. The summed E-state index contributed by atoms with van der Waals surface area (Å²) in [6.07, 6.45) is 2.25. The molecule has 1 N–H and O–H groups in total. The monoisotopic (exact) mass is 331 g/mol. The van der Waals surface area contributed by atoms with Crippen molar-refractivity contribution in [1.29, 1.82) is 0 Å². The van der Waals surface area contributed by atoms with Crippen LogP contribution in [0.1, 0.15) is 24.0 Å². The van der Waals surface area contributed by atoms with Crippen LogP contribution in [0.4, 0.5) is 8.78 Å². The van der Waals surface area contributed by atoms with Crippen molar-refractivity contribution in [2.75, 3.05) is 19.7 Å². The largest absolute Gasteiger partial charge is 0.396 e. The molecule has 1 fully saturated rings. The summed E-state index contributed by atoms with van der Waals surface area (Å²) in [5, 5.41) is 10.0. The van der Waals surface area contributed by atoms with Crippen LogP contribution in [0.25, 0.3) is 0 Å². The molecule has 0 saturated carbocycles. The molecule has 1 aliphatic heterocycles. The summed E-state index contributed by atoms with van der Waals surface area (Å²) in [6, 6.07) is 13.9. The molecule has 1 aliphatic rings. The molecule has 0 spiro atoms. The molecule has 4 heteroatoms. The molecule has 1 atom stereocenters. The molecule has 1 heterocycles. The molecule has 0 unspecified atom stereocenters. The van der Waals surface area contributed by atoms with E-state index in [-0.39, 0.29) is 12.0 Å². The van der Waals surface area contributed by atoms with Gasteiger partial charge >= 0.3 is 0 Å². The van der Waals surface area contributed by atoms with E-state index < -0.39 is 11.6 Å². The average Bonchev–Trinajstić information content (AvgIpc) is 2.59. The fourth-order valence-electron chi connectivity index (χ4n) is 3.68. The van der Waals surface area contributed by atoms with Gasteiger partial charge in [-0.2, -0.15) is 0 Å². The second-order valence-corrected chi connectivity index (χ2v) is 6.87. The van der Waals surface area contributed by atoms with Crippen LogP contribution in [-0.4, -0.2) is 29.7 Å². The maximum absolute atomic E-state index is 14.0. The lowest BCUT2D eigenvalue weighted by atomic mass is 9.75. The molecule has 0 aromatic heterocycles. The van der Waals surface area contributed by atoms with E-state index in [0.717, 1.165) is 38.5 Å². The Balaban J connectivity index is 1.73. The van der Waals surface area contributed by atoms with Crippen molar-refractivity contribution in [3.8, 4) is 0 Å². The first kappa shape index (κ1) is 17.1. The number of hydrogen-bond acceptors (Lipinski definition) is 2. The van der Waals surface area contributed by atoms with E-state index in [2.05, 4.69) is 17.0 Å². The Bertz CT molecular complexity index is 677. The second kappa shape index (κ2) is 7.41. The Morgan fingerprint density at radius 2 is 1.88 bits per heavy atom. The Labute approximate surface area is 141 Å². The lowest BCUT2D eigenvalue weighted by Crippen LogP contribution is -2.46. The number of hydrogen-bond donors (Lipinski definition) is 1. The maximum Gasteiger partial charge on any atom is 0.129 e. The highest BCUT2D eigenvalue weighted by molar-refractivity contribution is 5.21. The van der Waals surface area contributed by atoms with Crippen LogP contribution in [0.15, 0.2) is 48.5 Å². The number of aliphatic hydroxyl groups is 1. The summed E-state index contributed by atoms with van der Waals surface area (Å²) in [6.45, 7) is 2.53. The Morgan fingerprint density at radius 1 is 1.08 bits per heavy atom. The molecular formula is C20H23F2NO. The van der Waals surface area contributed by atoms with Gasteiger partial charge in [-0.25, -0.2) is 8.78 Å². The highest BCUT2D eigenvalue weighted by Crippen LogP contribution is 2.34. The average molecular weight is 331 g/mol. The fraction of sp³-hybridized carbons (Fsp3) is 0.400. The minimum atomic E-state index is -0.566. The van der Waals surface area contributed by atoms with E-state index in [0.29, 0.717) is 12.0 Å². The van der Waals surface area contributed by atoms with Gasteiger partial charge < -0.3 is 5.11 Å². The zero-order chi connectivity index (χ0) is 17.0. The summed E-state index contributed by atoms with van der Waals surface area (Å²) in [7, 11) is 0. The van der Waals surface area contributed by atoms with Crippen molar-refractivity contribution in [2.45, 2.75) is 25.8 Å². The van der Waals surface area contributed by atoms with Gasteiger partial charge in [0.2, 0.25) is 0 Å². The highest BCUT2D eigenvalue weighted by atomic mass is 19.1. The third kappa shape index (κ3) is 4.00. The van der Waals surface area contributed by atoms with E-state index in [1.54, 1.807) is 0 Å². The van der Waals surface area contributed by atoms with Crippen molar-refractivity contribution in [2.24, 2.45) is 5.41 Å². The smallest absolute Gasteiger partial charge is 0.129 e. The van der Waals surface area contributed by atoms with Crippen molar-refractivity contribution in [3.63, 3.8) is 0 Å². The predicted octanol–water partition coefficient (Wildman–Crippen LogP) is 3.78. The summed E-state index contributed by atoms with van der Waals surface area (Å²) >= 11 is 0. The molecule has 128 valence electrons. The van der Waals surface area contributed by atoms with E-state index in [1.165, 1.54) is 17.7 Å². The van der Waals surface area contributed by atoms with Crippen LogP contribution in [0.2, 0.25) is 0 Å². The summed E-state index contributed by atoms with van der Waals surface area (Å²) in [5.41, 5.74) is 1.34. The van der Waals surface area contributed by atoms with Crippen LogP contribution >= 0.6 is 0 Å². The third-order valence-corrected chi connectivity index (χ3v) is 4.91. The lowest BCUT2D eigenvalue weighted by Gasteiger charge is -2.42. The van der Waals surface area contributed by atoms with Crippen LogP contribution in [0.5, 0.6) is 0 Å². The van der Waals surface area contributed by atoms with Gasteiger partial charge in [0.1, 0.15) is 11.6 Å². The topological polar surface area (TPSA) is 23.5 Å². The van der Waals surface area contributed by atoms with Crippen molar-refractivity contribution < 1.29 is 13.9 Å². The van der Waals surface area contributed by atoms with Gasteiger partial charge in [0.25, 0.3) is 0 Å². The van der Waals surface area contributed by atoms with Gasteiger partial charge in [-0.15, -0.1) is 0 Å². The third-order valence-electron chi connectivity index (χ3n) is 4.91. The fourth-order valence-corrected chi connectivity index (χ4v) is 3.68. The normalized spacial score (nSPS) is 21.8. The molecule has 2 aromatic rings. The molecule has 2 nitrogen and oxygen atoms in total. The minimum absolute atomic E-state index is 0.00903. The van der Waals surface area contributed by atoms with Gasteiger partial charge in [0.15, 0.2) is 0 Å². The first-order chi connectivity index (χ1) is 11.6. The van der Waals surface area contributed by atoms with Gasteiger partial charge in [-0.1, -0.05) is 36.4 Å². The lowest BCUT2D eigenvalue weighted by molar-refractivity contribution is 0.0283. The molecule has 0 amide bonds. The van der Waals surface area contributed by atoms with Crippen LogP contribution in [0, 0.1) is 17.0 Å². The molecule has 24 heavy (non-hydrogen) atoms.